The summed E-state index contributed by atoms with van der Waals surface area (Å²) in [5.41, 5.74) is 16.3. The molecule has 0 atom stereocenters. The Labute approximate surface area is 388 Å². The molecular formula is C61H40N6. The first-order valence-electron chi connectivity index (χ1n) is 22.4. The molecule has 0 aliphatic carbocycles. The summed E-state index contributed by atoms with van der Waals surface area (Å²) in [5.74, 6) is 2.60. The van der Waals surface area contributed by atoms with Gasteiger partial charge in [-0.25, -0.2) is 24.9 Å². The molecule has 0 aliphatic heterocycles. The summed E-state index contributed by atoms with van der Waals surface area (Å²) in [6, 6.07) is 84.1. The fraction of sp³-hybridized carbons (Fsp3) is 0. The molecule has 12 aromatic rings. The Morgan fingerprint density at radius 3 is 1.09 bits per heavy atom. The van der Waals surface area contributed by atoms with Crippen molar-refractivity contribution in [3.63, 3.8) is 0 Å². The first kappa shape index (κ1) is 39.5. The van der Waals surface area contributed by atoms with Crippen LogP contribution in [0.3, 0.4) is 0 Å². The molecule has 6 heteroatoms. The number of fused-ring (bicyclic) bond motifs is 3. The zero-order valence-electron chi connectivity index (χ0n) is 36.3. The second-order valence-electron chi connectivity index (χ2n) is 16.5. The van der Waals surface area contributed by atoms with Crippen molar-refractivity contribution >= 4 is 21.9 Å². The highest BCUT2D eigenvalue weighted by Crippen LogP contribution is 2.39. The van der Waals surface area contributed by atoms with Crippen LogP contribution >= 0.6 is 0 Å². The lowest BCUT2D eigenvalue weighted by molar-refractivity contribution is 1.07. The Balaban J connectivity index is 0.923. The van der Waals surface area contributed by atoms with Gasteiger partial charge in [-0.1, -0.05) is 200 Å². The van der Waals surface area contributed by atoms with Crippen LogP contribution in [0.25, 0.3) is 118 Å². The third-order valence-corrected chi connectivity index (χ3v) is 12.2. The zero-order valence-corrected chi connectivity index (χ0v) is 36.3. The summed E-state index contributed by atoms with van der Waals surface area (Å²) >= 11 is 0. The average molecular weight is 857 g/mol. The zero-order chi connectivity index (χ0) is 44.5. The van der Waals surface area contributed by atoms with Crippen LogP contribution in [0.2, 0.25) is 0 Å². The summed E-state index contributed by atoms with van der Waals surface area (Å²) in [4.78, 5) is 25.5. The molecule has 0 fully saturated rings. The third-order valence-electron chi connectivity index (χ3n) is 12.2. The van der Waals surface area contributed by atoms with Crippen LogP contribution in [-0.4, -0.2) is 29.5 Å². The smallest absolute Gasteiger partial charge is 0.164 e. The minimum Gasteiger partial charge on any atom is -0.306 e. The predicted octanol–water partition coefficient (Wildman–Crippen LogP) is 15.1. The highest BCUT2D eigenvalue weighted by molar-refractivity contribution is 6.11. The van der Waals surface area contributed by atoms with Gasteiger partial charge in [0.1, 0.15) is 5.52 Å². The molecule has 0 bridgehead atoms. The van der Waals surface area contributed by atoms with Gasteiger partial charge in [0.25, 0.3) is 0 Å². The van der Waals surface area contributed by atoms with Crippen molar-refractivity contribution < 1.29 is 0 Å². The van der Waals surface area contributed by atoms with Crippen LogP contribution in [0, 0.1) is 0 Å². The van der Waals surface area contributed by atoms with E-state index in [0.29, 0.717) is 23.3 Å². The Morgan fingerprint density at radius 2 is 0.597 bits per heavy atom. The maximum Gasteiger partial charge on any atom is 0.164 e. The highest BCUT2D eigenvalue weighted by Gasteiger charge is 2.21. The molecule has 0 radical (unpaired) electrons. The summed E-state index contributed by atoms with van der Waals surface area (Å²) in [5, 5.41) is 1.08. The second-order valence-corrected chi connectivity index (χ2v) is 16.5. The summed E-state index contributed by atoms with van der Waals surface area (Å²) in [6.07, 6.45) is 0. The maximum atomic E-state index is 5.38. The lowest BCUT2D eigenvalue weighted by Gasteiger charge is -2.13. The van der Waals surface area contributed by atoms with Crippen molar-refractivity contribution in [3.05, 3.63) is 243 Å². The fourth-order valence-electron chi connectivity index (χ4n) is 8.98. The molecule has 0 aliphatic rings. The van der Waals surface area contributed by atoms with Gasteiger partial charge >= 0.3 is 0 Å². The molecule has 12 rings (SSSR count). The molecule has 0 spiro atoms. The first-order valence-corrected chi connectivity index (χ1v) is 22.4. The van der Waals surface area contributed by atoms with E-state index in [0.717, 1.165) is 94.5 Å². The molecule has 9 aromatic carbocycles. The van der Waals surface area contributed by atoms with E-state index in [-0.39, 0.29) is 0 Å². The van der Waals surface area contributed by atoms with Gasteiger partial charge in [0.05, 0.1) is 16.7 Å². The normalized spacial score (nSPS) is 11.3. The van der Waals surface area contributed by atoms with Crippen LogP contribution in [-0.2, 0) is 0 Å². The lowest BCUT2D eigenvalue weighted by atomic mass is 9.95. The first-order chi connectivity index (χ1) is 33.2. The van der Waals surface area contributed by atoms with Gasteiger partial charge in [0.2, 0.25) is 0 Å². The quantitative estimate of drug-likeness (QED) is 0.145. The molecular weight excluding hydrogens is 817 g/mol. The maximum absolute atomic E-state index is 5.38. The monoisotopic (exact) mass is 856 g/mol. The molecule has 67 heavy (non-hydrogen) atoms. The molecule has 0 unspecified atom stereocenters. The van der Waals surface area contributed by atoms with Crippen molar-refractivity contribution in [2.45, 2.75) is 0 Å². The van der Waals surface area contributed by atoms with E-state index in [2.05, 4.69) is 168 Å². The molecule has 3 aromatic heterocycles. The molecule has 0 N–H and O–H groups in total. The Kier molecular flexibility index (Phi) is 10.1. The van der Waals surface area contributed by atoms with Gasteiger partial charge in [-0.2, -0.15) is 0 Å². The number of nitrogens with zero attached hydrogens (tertiary/aromatic N) is 6. The van der Waals surface area contributed by atoms with Crippen molar-refractivity contribution in [2.75, 3.05) is 0 Å². The number of rotatable bonds is 9. The second kappa shape index (κ2) is 17.1. The molecule has 3 heterocycles. The van der Waals surface area contributed by atoms with Crippen LogP contribution in [0.1, 0.15) is 0 Å². The van der Waals surface area contributed by atoms with E-state index in [1.807, 2.05) is 78.9 Å². The Hall–Kier alpha value is -9.13. The SMILES string of the molecule is c1ccc(-c2nc(-c3ccccc3)nc(-c3cccc(-c4cccc(-c5cccc(-c6cccc(-c7nc(-c8ccccc8)nc8c9ccccc9n(-c9ccccc9)c78)c6)c5)c4)c3)n2)cc1. The summed E-state index contributed by atoms with van der Waals surface area (Å²) < 4.78 is 2.30. The molecule has 0 saturated carbocycles. The van der Waals surface area contributed by atoms with Crippen LogP contribution in [0.4, 0.5) is 0 Å². The van der Waals surface area contributed by atoms with Gasteiger partial charge in [0, 0.05) is 38.9 Å². The molecule has 0 amide bonds. The summed E-state index contributed by atoms with van der Waals surface area (Å²) in [7, 11) is 0. The van der Waals surface area contributed by atoms with E-state index in [1.165, 1.54) is 0 Å². The predicted molar refractivity (Wildman–Crippen MR) is 273 cm³/mol. The van der Waals surface area contributed by atoms with E-state index < -0.39 is 0 Å². The topological polar surface area (TPSA) is 69.4 Å². The van der Waals surface area contributed by atoms with Gasteiger partial charge in [-0.05, 0) is 75.8 Å². The van der Waals surface area contributed by atoms with Crippen LogP contribution in [0.5, 0.6) is 0 Å². The Bertz CT molecular complexity index is 3680. The van der Waals surface area contributed by atoms with Gasteiger partial charge in [-0.3, -0.25) is 0 Å². The van der Waals surface area contributed by atoms with Crippen LogP contribution in [0.15, 0.2) is 243 Å². The van der Waals surface area contributed by atoms with Crippen LogP contribution < -0.4 is 0 Å². The number of aromatic nitrogens is 6. The summed E-state index contributed by atoms with van der Waals surface area (Å²) in [6.45, 7) is 0. The molecule has 314 valence electrons. The third kappa shape index (κ3) is 7.62. The number of hydrogen-bond acceptors (Lipinski definition) is 5. The van der Waals surface area contributed by atoms with E-state index in [4.69, 9.17) is 24.9 Å². The van der Waals surface area contributed by atoms with E-state index >= 15 is 0 Å². The van der Waals surface area contributed by atoms with Crippen molar-refractivity contribution in [2.24, 2.45) is 0 Å². The Morgan fingerprint density at radius 1 is 0.254 bits per heavy atom. The molecule has 0 saturated heterocycles. The standard InChI is InChI=1S/C61H40N6/c1-5-19-41(20-6-1)58-62-55(57-56(63-58)53-35-13-14-36-54(53)67(57)52-33-11-4-12-34-52)50-31-17-29-48(39-50)46-27-15-25-44(37-46)45-26-16-28-47(38-45)49-30-18-32-51(40-49)61-65-59(42-21-7-2-8-22-42)64-60(66-61)43-23-9-3-10-24-43/h1-40H. The fourth-order valence-corrected chi connectivity index (χ4v) is 8.98. The van der Waals surface area contributed by atoms with Crippen molar-refractivity contribution in [1.82, 2.24) is 29.5 Å². The number of hydrogen-bond donors (Lipinski definition) is 0. The molecule has 6 nitrogen and oxygen atoms in total. The lowest BCUT2D eigenvalue weighted by Crippen LogP contribution is -2.00. The van der Waals surface area contributed by atoms with Gasteiger partial charge < -0.3 is 4.57 Å². The van der Waals surface area contributed by atoms with E-state index in [1.54, 1.807) is 0 Å². The highest BCUT2D eigenvalue weighted by atomic mass is 15.0. The van der Waals surface area contributed by atoms with Gasteiger partial charge in [0.15, 0.2) is 23.3 Å². The number of benzene rings is 9. The van der Waals surface area contributed by atoms with Gasteiger partial charge in [-0.15, -0.1) is 0 Å². The minimum atomic E-state index is 0.626. The largest absolute Gasteiger partial charge is 0.306 e. The average Bonchev–Trinajstić information content (AvgIpc) is 3.76. The number of para-hydroxylation sites is 2. The van der Waals surface area contributed by atoms with Crippen molar-refractivity contribution in [1.29, 1.82) is 0 Å². The van der Waals surface area contributed by atoms with E-state index in [9.17, 15) is 0 Å². The minimum absolute atomic E-state index is 0.626. The van der Waals surface area contributed by atoms with Crippen molar-refractivity contribution in [3.8, 4) is 95.9 Å².